The molecule has 0 bridgehead atoms. The first kappa shape index (κ1) is 13.5. The van der Waals surface area contributed by atoms with E-state index in [1.165, 1.54) is 0 Å². The van der Waals surface area contributed by atoms with Gasteiger partial charge in [-0.1, -0.05) is 29.8 Å². The van der Waals surface area contributed by atoms with E-state index >= 15 is 0 Å². The monoisotopic (exact) mass is 242 g/mol. The third-order valence-electron chi connectivity index (χ3n) is 2.84. The van der Waals surface area contributed by atoms with Gasteiger partial charge in [0, 0.05) is 12.1 Å². The number of halogens is 1. The first-order valence-electron chi connectivity index (χ1n) is 5.44. The normalized spacial score (nSPS) is 13.8. The molecule has 1 aromatic carbocycles. The number of ether oxygens (including phenoxy) is 1. The lowest BCUT2D eigenvalue weighted by Gasteiger charge is -2.24. The Morgan fingerprint density at radius 3 is 2.56 bits per heavy atom. The van der Waals surface area contributed by atoms with Crippen LogP contribution in [0.3, 0.4) is 0 Å². The molecule has 90 valence electrons. The van der Waals surface area contributed by atoms with Crippen LogP contribution in [-0.4, -0.2) is 17.8 Å². The van der Waals surface area contributed by atoms with Crippen LogP contribution in [-0.2, 0) is 4.74 Å². The van der Waals surface area contributed by atoms with E-state index in [4.69, 9.17) is 16.3 Å². The standard InChI is InChI=1S/C13H19ClO2/c1-13(2,16-3)9-8-12(15)10-6-4-5-7-11(10)14/h4-7,12,15H,8-9H2,1-3H3. The lowest BCUT2D eigenvalue weighted by atomic mass is 9.97. The van der Waals surface area contributed by atoms with E-state index < -0.39 is 6.10 Å². The molecular weight excluding hydrogens is 224 g/mol. The van der Waals surface area contributed by atoms with Gasteiger partial charge >= 0.3 is 0 Å². The minimum absolute atomic E-state index is 0.206. The highest BCUT2D eigenvalue weighted by Gasteiger charge is 2.19. The predicted octanol–water partition coefficient (Wildman–Crippen LogP) is 3.58. The Labute approximate surface area is 102 Å². The van der Waals surface area contributed by atoms with Crippen LogP contribution in [0.15, 0.2) is 24.3 Å². The molecule has 16 heavy (non-hydrogen) atoms. The van der Waals surface area contributed by atoms with E-state index in [2.05, 4.69) is 0 Å². The highest BCUT2D eigenvalue weighted by atomic mass is 35.5. The van der Waals surface area contributed by atoms with Crippen LogP contribution in [0, 0.1) is 0 Å². The maximum atomic E-state index is 10.0. The predicted molar refractivity (Wildman–Crippen MR) is 66.7 cm³/mol. The zero-order valence-corrected chi connectivity index (χ0v) is 10.8. The third kappa shape index (κ3) is 3.78. The van der Waals surface area contributed by atoms with Crippen LogP contribution in [0.1, 0.15) is 38.4 Å². The Morgan fingerprint density at radius 2 is 2.00 bits per heavy atom. The molecular formula is C13H19ClO2. The van der Waals surface area contributed by atoms with Gasteiger partial charge in [0.25, 0.3) is 0 Å². The van der Waals surface area contributed by atoms with Gasteiger partial charge in [0.05, 0.1) is 11.7 Å². The molecule has 1 rings (SSSR count). The molecule has 0 aliphatic heterocycles. The van der Waals surface area contributed by atoms with Gasteiger partial charge < -0.3 is 9.84 Å². The van der Waals surface area contributed by atoms with Crippen molar-refractivity contribution in [1.82, 2.24) is 0 Å². The molecule has 3 heteroatoms. The Morgan fingerprint density at radius 1 is 1.38 bits per heavy atom. The second kappa shape index (κ2) is 5.67. The SMILES string of the molecule is COC(C)(C)CCC(O)c1ccccc1Cl. The van der Waals surface area contributed by atoms with Crippen molar-refractivity contribution in [3.05, 3.63) is 34.9 Å². The molecule has 1 unspecified atom stereocenters. The maximum absolute atomic E-state index is 10.0. The summed E-state index contributed by atoms with van der Waals surface area (Å²) in [5.74, 6) is 0. The van der Waals surface area contributed by atoms with E-state index in [1.807, 2.05) is 32.0 Å². The lowest BCUT2D eigenvalue weighted by Crippen LogP contribution is -2.23. The maximum Gasteiger partial charge on any atom is 0.0805 e. The third-order valence-corrected chi connectivity index (χ3v) is 3.18. The van der Waals surface area contributed by atoms with Gasteiger partial charge in [-0.05, 0) is 38.3 Å². The minimum atomic E-state index is -0.525. The summed E-state index contributed by atoms with van der Waals surface area (Å²) in [6, 6.07) is 7.39. The summed E-state index contributed by atoms with van der Waals surface area (Å²) in [6.45, 7) is 4.01. The van der Waals surface area contributed by atoms with E-state index in [0.29, 0.717) is 11.4 Å². The quantitative estimate of drug-likeness (QED) is 0.855. The molecule has 0 aromatic heterocycles. The summed E-state index contributed by atoms with van der Waals surface area (Å²) in [6.07, 6.45) is 0.906. The van der Waals surface area contributed by atoms with Crippen molar-refractivity contribution in [2.75, 3.05) is 7.11 Å². The number of hydrogen-bond acceptors (Lipinski definition) is 2. The van der Waals surface area contributed by atoms with E-state index in [1.54, 1.807) is 13.2 Å². The summed E-state index contributed by atoms with van der Waals surface area (Å²) in [5.41, 5.74) is 0.582. The fourth-order valence-electron chi connectivity index (χ4n) is 1.49. The molecule has 1 atom stereocenters. The topological polar surface area (TPSA) is 29.5 Å². The van der Waals surface area contributed by atoms with Gasteiger partial charge in [-0.2, -0.15) is 0 Å². The van der Waals surface area contributed by atoms with Crippen LogP contribution < -0.4 is 0 Å². The highest BCUT2D eigenvalue weighted by Crippen LogP contribution is 2.28. The Bertz CT molecular complexity index is 336. The molecule has 0 saturated heterocycles. The summed E-state index contributed by atoms with van der Waals surface area (Å²) >= 11 is 6.01. The van der Waals surface area contributed by atoms with Gasteiger partial charge in [0.1, 0.15) is 0 Å². The lowest BCUT2D eigenvalue weighted by molar-refractivity contribution is 0.00279. The fourth-order valence-corrected chi connectivity index (χ4v) is 1.75. The van der Waals surface area contributed by atoms with Crippen molar-refractivity contribution in [2.45, 2.75) is 38.4 Å². The number of aliphatic hydroxyl groups is 1. The van der Waals surface area contributed by atoms with Crippen molar-refractivity contribution in [3.8, 4) is 0 Å². The average molecular weight is 243 g/mol. The number of benzene rings is 1. The molecule has 0 saturated carbocycles. The summed E-state index contributed by atoms with van der Waals surface area (Å²) < 4.78 is 5.31. The summed E-state index contributed by atoms with van der Waals surface area (Å²) in [7, 11) is 1.68. The minimum Gasteiger partial charge on any atom is -0.388 e. The van der Waals surface area contributed by atoms with Gasteiger partial charge in [0.2, 0.25) is 0 Å². The van der Waals surface area contributed by atoms with Crippen LogP contribution in [0.5, 0.6) is 0 Å². The van der Waals surface area contributed by atoms with E-state index in [9.17, 15) is 5.11 Å². The molecule has 0 fully saturated rings. The van der Waals surface area contributed by atoms with Gasteiger partial charge in [-0.15, -0.1) is 0 Å². The number of hydrogen-bond donors (Lipinski definition) is 1. The first-order chi connectivity index (χ1) is 7.46. The molecule has 0 spiro atoms. The molecule has 0 aliphatic rings. The average Bonchev–Trinajstić information content (AvgIpc) is 2.27. The molecule has 2 nitrogen and oxygen atoms in total. The molecule has 1 aromatic rings. The summed E-state index contributed by atoms with van der Waals surface area (Å²) in [5, 5.41) is 10.6. The van der Waals surface area contributed by atoms with Gasteiger partial charge in [0.15, 0.2) is 0 Å². The fraction of sp³-hybridized carbons (Fsp3) is 0.538. The largest absolute Gasteiger partial charge is 0.388 e. The highest BCUT2D eigenvalue weighted by molar-refractivity contribution is 6.31. The summed E-state index contributed by atoms with van der Waals surface area (Å²) in [4.78, 5) is 0. The van der Waals surface area contributed by atoms with Crippen molar-refractivity contribution >= 4 is 11.6 Å². The van der Waals surface area contributed by atoms with Gasteiger partial charge in [-0.3, -0.25) is 0 Å². The second-order valence-corrected chi connectivity index (χ2v) is 4.95. The number of methoxy groups -OCH3 is 1. The molecule has 0 aliphatic carbocycles. The zero-order chi connectivity index (χ0) is 12.2. The number of aliphatic hydroxyl groups excluding tert-OH is 1. The first-order valence-corrected chi connectivity index (χ1v) is 5.82. The van der Waals surface area contributed by atoms with E-state index in [0.717, 1.165) is 12.0 Å². The molecule has 0 heterocycles. The Kier molecular flexibility index (Phi) is 4.78. The molecule has 0 amide bonds. The van der Waals surface area contributed by atoms with Crippen LogP contribution >= 0.6 is 11.6 Å². The number of rotatable bonds is 5. The van der Waals surface area contributed by atoms with Crippen molar-refractivity contribution in [2.24, 2.45) is 0 Å². The van der Waals surface area contributed by atoms with Crippen LogP contribution in [0.2, 0.25) is 5.02 Å². The Balaban J connectivity index is 2.60. The van der Waals surface area contributed by atoms with Crippen molar-refractivity contribution in [3.63, 3.8) is 0 Å². The van der Waals surface area contributed by atoms with Crippen LogP contribution in [0.4, 0.5) is 0 Å². The van der Waals surface area contributed by atoms with Gasteiger partial charge in [-0.25, -0.2) is 0 Å². The second-order valence-electron chi connectivity index (χ2n) is 4.54. The molecule has 0 radical (unpaired) electrons. The van der Waals surface area contributed by atoms with Crippen molar-refractivity contribution in [1.29, 1.82) is 0 Å². The van der Waals surface area contributed by atoms with Crippen LogP contribution in [0.25, 0.3) is 0 Å². The smallest absolute Gasteiger partial charge is 0.0805 e. The van der Waals surface area contributed by atoms with Crippen molar-refractivity contribution < 1.29 is 9.84 Å². The molecule has 1 N–H and O–H groups in total. The van der Waals surface area contributed by atoms with E-state index in [-0.39, 0.29) is 5.60 Å². The zero-order valence-electron chi connectivity index (χ0n) is 10.0. The Hall–Kier alpha value is -0.570.